The average molecular weight is 265 g/mol. The standard InChI is InChI=1S/C10H15N7O2/c1-2-3-18-4-5-19-10-15-8(11)14-9(16-10)17-7-12-6-13-17/h6-7H,2-5H2,1H3,(H2,11,14,15,16). The molecule has 0 aliphatic rings. The predicted molar refractivity (Wildman–Crippen MR) is 65.8 cm³/mol. The lowest BCUT2D eigenvalue weighted by Crippen LogP contribution is -2.12. The quantitative estimate of drug-likeness (QED) is 0.687. The molecule has 9 nitrogen and oxygen atoms in total. The zero-order valence-electron chi connectivity index (χ0n) is 10.6. The summed E-state index contributed by atoms with van der Waals surface area (Å²) in [6, 6.07) is 0.137. The summed E-state index contributed by atoms with van der Waals surface area (Å²) < 4.78 is 12.0. The zero-order chi connectivity index (χ0) is 13.5. The van der Waals surface area contributed by atoms with Crippen molar-refractivity contribution in [3.8, 4) is 12.0 Å². The monoisotopic (exact) mass is 265 g/mol. The van der Waals surface area contributed by atoms with Gasteiger partial charge in [0.05, 0.1) is 6.61 Å². The Morgan fingerprint density at radius 3 is 2.84 bits per heavy atom. The number of rotatable bonds is 7. The SMILES string of the molecule is CCCOCCOc1nc(N)nc(-n2cncn2)n1. The van der Waals surface area contributed by atoms with E-state index in [2.05, 4.69) is 25.0 Å². The van der Waals surface area contributed by atoms with Gasteiger partial charge < -0.3 is 15.2 Å². The Kier molecular flexibility index (Phi) is 4.56. The molecule has 0 unspecified atom stereocenters. The van der Waals surface area contributed by atoms with Crippen LogP contribution in [0, 0.1) is 0 Å². The third-order valence-electron chi connectivity index (χ3n) is 2.05. The lowest BCUT2D eigenvalue weighted by Gasteiger charge is -2.06. The first-order valence-electron chi connectivity index (χ1n) is 5.86. The fourth-order valence-electron chi connectivity index (χ4n) is 1.28. The maximum Gasteiger partial charge on any atom is 0.323 e. The Hall–Kier alpha value is -2.29. The third kappa shape index (κ3) is 3.85. The highest BCUT2D eigenvalue weighted by molar-refractivity contribution is 5.23. The van der Waals surface area contributed by atoms with E-state index >= 15 is 0 Å². The van der Waals surface area contributed by atoms with Gasteiger partial charge in [-0.2, -0.15) is 24.7 Å². The molecule has 0 aliphatic carbocycles. The van der Waals surface area contributed by atoms with Gasteiger partial charge in [0.15, 0.2) is 0 Å². The Bertz CT molecular complexity index is 503. The molecular formula is C10H15N7O2. The van der Waals surface area contributed by atoms with Crippen LogP contribution < -0.4 is 10.5 Å². The first-order valence-corrected chi connectivity index (χ1v) is 5.86. The van der Waals surface area contributed by atoms with Gasteiger partial charge in [-0.1, -0.05) is 6.92 Å². The Labute approximate surface area is 109 Å². The molecule has 0 fully saturated rings. The van der Waals surface area contributed by atoms with Gasteiger partial charge in [-0.25, -0.2) is 4.98 Å². The van der Waals surface area contributed by atoms with Gasteiger partial charge in [-0.05, 0) is 6.42 Å². The second-order valence-electron chi connectivity index (χ2n) is 3.58. The van der Waals surface area contributed by atoms with Crippen LogP contribution in [0.4, 0.5) is 5.95 Å². The van der Waals surface area contributed by atoms with Crippen LogP contribution in [-0.2, 0) is 4.74 Å². The number of hydrogen-bond donors (Lipinski definition) is 1. The average Bonchev–Trinajstić information content (AvgIpc) is 2.92. The number of nitrogens with zero attached hydrogens (tertiary/aromatic N) is 6. The van der Waals surface area contributed by atoms with Gasteiger partial charge in [0, 0.05) is 6.61 Å². The Balaban J connectivity index is 1.97. The summed E-state index contributed by atoms with van der Waals surface area (Å²) in [7, 11) is 0. The Morgan fingerprint density at radius 1 is 1.21 bits per heavy atom. The number of nitrogens with two attached hydrogens (primary N) is 1. The van der Waals surface area contributed by atoms with Gasteiger partial charge in [-0.15, -0.1) is 0 Å². The van der Waals surface area contributed by atoms with Crippen LogP contribution in [-0.4, -0.2) is 49.5 Å². The van der Waals surface area contributed by atoms with Gasteiger partial charge in [0.1, 0.15) is 19.3 Å². The third-order valence-corrected chi connectivity index (χ3v) is 2.05. The van der Waals surface area contributed by atoms with Crippen molar-refractivity contribution in [2.24, 2.45) is 0 Å². The lowest BCUT2D eigenvalue weighted by molar-refractivity contribution is 0.0971. The van der Waals surface area contributed by atoms with Crippen molar-refractivity contribution in [3.63, 3.8) is 0 Å². The van der Waals surface area contributed by atoms with E-state index in [-0.39, 0.29) is 17.9 Å². The molecule has 9 heteroatoms. The van der Waals surface area contributed by atoms with Gasteiger partial charge in [0.25, 0.3) is 5.95 Å². The van der Waals surface area contributed by atoms with Gasteiger partial charge in [0.2, 0.25) is 5.95 Å². The molecule has 2 aromatic heterocycles. The molecule has 0 aromatic carbocycles. The summed E-state index contributed by atoms with van der Waals surface area (Å²) in [5, 5.41) is 3.91. The first kappa shape index (κ1) is 13.1. The second kappa shape index (κ2) is 6.59. The van der Waals surface area contributed by atoms with Gasteiger partial charge >= 0.3 is 6.01 Å². The van der Waals surface area contributed by atoms with E-state index in [1.807, 2.05) is 6.92 Å². The first-order chi connectivity index (χ1) is 9.29. The van der Waals surface area contributed by atoms with Crippen molar-refractivity contribution in [2.45, 2.75) is 13.3 Å². The van der Waals surface area contributed by atoms with Crippen LogP contribution >= 0.6 is 0 Å². The van der Waals surface area contributed by atoms with Crippen molar-refractivity contribution in [1.82, 2.24) is 29.7 Å². The summed E-state index contributed by atoms with van der Waals surface area (Å²) in [4.78, 5) is 15.7. The predicted octanol–water partition coefficient (Wildman–Crippen LogP) is -0.160. The minimum absolute atomic E-state index is 0.0602. The smallest absolute Gasteiger partial charge is 0.323 e. The Morgan fingerprint density at radius 2 is 2.11 bits per heavy atom. The molecule has 102 valence electrons. The summed E-state index contributed by atoms with van der Waals surface area (Å²) in [5.74, 6) is 0.319. The summed E-state index contributed by atoms with van der Waals surface area (Å²) in [5.41, 5.74) is 5.58. The van der Waals surface area contributed by atoms with Crippen molar-refractivity contribution in [3.05, 3.63) is 12.7 Å². The molecular weight excluding hydrogens is 250 g/mol. The highest BCUT2D eigenvalue weighted by Gasteiger charge is 2.07. The van der Waals surface area contributed by atoms with E-state index in [0.29, 0.717) is 19.8 Å². The largest absolute Gasteiger partial charge is 0.461 e. The molecule has 0 spiro atoms. The van der Waals surface area contributed by atoms with E-state index in [1.54, 1.807) is 0 Å². The minimum atomic E-state index is 0.0602. The molecule has 0 saturated carbocycles. The molecule has 0 saturated heterocycles. The fourth-order valence-corrected chi connectivity index (χ4v) is 1.28. The van der Waals surface area contributed by atoms with Crippen LogP contribution in [0.5, 0.6) is 6.01 Å². The normalized spacial score (nSPS) is 10.6. The second-order valence-corrected chi connectivity index (χ2v) is 3.58. The number of nitrogen functional groups attached to an aromatic ring is 1. The highest BCUT2D eigenvalue weighted by atomic mass is 16.5. The summed E-state index contributed by atoms with van der Waals surface area (Å²) in [6.45, 7) is 3.56. The summed E-state index contributed by atoms with van der Waals surface area (Å²) in [6.07, 6.45) is 3.80. The number of aromatic nitrogens is 6. The number of hydrogen-bond acceptors (Lipinski definition) is 8. The summed E-state index contributed by atoms with van der Waals surface area (Å²) >= 11 is 0. The molecule has 0 amide bonds. The van der Waals surface area contributed by atoms with Crippen molar-refractivity contribution < 1.29 is 9.47 Å². The van der Waals surface area contributed by atoms with Crippen LogP contribution in [0.3, 0.4) is 0 Å². The minimum Gasteiger partial charge on any atom is -0.461 e. The van der Waals surface area contributed by atoms with Crippen molar-refractivity contribution in [1.29, 1.82) is 0 Å². The van der Waals surface area contributed by atoms with Crippen LogP contribution in [0.25, 0.3) is 5.95 Å². The molecule has 0 aliphatic heterocycles. The topological polar surface area (TPSA) is 114 Å². The maximum absolute atomic E-state index is 5.58. The maximum atomic E-state index is 5.58. The molecule has 0 bridgehead atoms. The van der Waals surface area contributed by atoms with E-state index in [9.17, 15) is 0 Å². The van der Waals surface area contributed by atoms with Gasteiger partial charge in [-0.3, -0.25) is 0 Å². The number of ether oxygens (including phenoxy) is 2. The highest BCUT2D eigenvalue weighted by Crippen LogP contribution is 2.07. The van der Waals surface area contributed by atoms with E-state index in [1.165, 1.54) is 17.3 Å². The van der Waals surface area contributed by atoms with Crippen molar-refractivity contribution in [2.75, 3.05) is 25.6 Å². The van der Waals surface area contributed by atoms with Crippen molar-refractivity contribution >= 4 is 5.95 Å². The van der Waals surface area contributed by atoms with Crippen LogP contribution in [0.15, 0.2) is 12.7 Å². The fraction of sp³-hybridized carbons (Fsp3) is 0.500. The van der Waals surface area contributed by atoms with E-state index in [0.717, 1.165) is 6.42 Å². The molecule has 2 heterocycles. The van der Waals surface area contributed by atoms with E-state index < -0.39 is 0 Å². The molecule has 2 aromatic rings. The molecule has 2 N–H and O–H groups in total. The molecule has 19 heavy (non-hydrogen) atoms. The zero-order valence-corrected chi connectivity index (χ0v) is 10.6. The molecule has 0 radical (unpaired) electrons. The lowest BCUT2D eigenvalue weighted by atomic mass is 10.5. The van der Waals surface area contributed by atoms with Crippen LogP contribution in [0.1, 0.15) is 13.3 Å². The molecule has 2 rings (SSSR count). The van der Waals surface area contributed by atoms with Crippen LogP contribution in [0.2, 0.25) is 0 Å². The number of anilines is 1. The molecule has 0 atom stereocenters. The van der Waals surface area contributed by atoms with E-state index in [4.69, 9.17) is 15.2 Å².